The van der Waals surface area contributed by atoms with Gasteiger partial charge in [0.15, 0.2) is 0 Å². The normalized spacial score (nSPS) is 24.4. The Labute approximate surface area is 188 Å². The van der Waals surface area contributed by atoms with Gasteiger partial charge in [0.25, 0.3) is 0 Å². The Morgan fingerprint density at radius 1 is 0.938 bits per heavy atom. The number of fused-ring (bicyclic) bond motifs is 1. The largest absolute Gasteiger partial charge is 0.488 e. The molecule has 0 unspecified atom stereocenters. The molecule has 3 fully saturated rings. The van der Waals surface area contributed by atoms with Crippen LogP contribution in [-0.4, -0.2) is 85.7 Å². The number of hydrogen-bond acceptors (Lipinski definition) is 7. The molecule has 9 nitrogen and oxygen atoms in total. The first-order valence-corrected chi connectivity index (χ1v) is 11.6. The van der Waals surface area contributed by atoms with Crippen molar-refractivity contribution in [2.75, 3.05) is 57.5 Å². The minimum Gasteiger partial charge on any atom is -0.488 e. The lowest BCUT2D eigenvalue weighted by Crippen LogP contribution is -2.50. The van der Waals surface area contributed by atoms with Crippen molar-refractivity contribution in [2.24, 2.45) is 0 Å². The fraction of sp³-hybridized carbons (Fsp3) is 0.609. The second kappa shape index (κ2) is 9.87. The molecule has 2 saturated heterocycles. The van der Waals surface area contributed by atoms with Gasteiger partial charge in [-0.3, -0.25) is 4.98 Å². The molecule has 2 aliphatic heterocycles. The van der Waals surface area contributed by atoms with Crippen LogP contribution in [0.5, 0.6) is 5.75 Å². The van der Waals surface area contributed by atoms with Gasteiger partial charge in [-0.05, 0) is 31.7 Å². The molecule has 2 amide bonds. The Morgan fingerprint density at radius 2 is 1.62 bits per heavy atom. The van der Waals surface area contributed by atoms with Gasteiger partial charge in [-0.1, -0.05) is 0 Å². The van der Waals surface area contributed by atoms with Crippen molar-refractivity contribution in [3.8, 4) is 5.75 Å². The van der Waals surface area contributed by atoms with E-state index in [0.29, 0.717) is 26.3 Å². The molecule has 1 aromatic carbocycles. The van der Waals surface area contributed by atoms with Crippen molar-refractivity contribution in [3.63, 3.8) is 0 Å². The fourth-order valence-corrected chi connectivity index (χ4v) is 4.66. The van der Waals surface area contributed by atoms with E-state index in [1.54, 1.807) is 12.4 Å². The average molecular weight is 442 g/mol. The van der Waals surface area contributed by atoms with E-state index in [4.69, 9.17) is 14.2 Å². The topological polar surface area (TPSA) is 89.0 Å². The highest BCUT2D eigenvalue weighted by atomic mass is 16.5. The first-order chi connectivity index (χ1) is 15.8. The Morgan fingerprint density at radius 3 is 2.38 bits per heavy atom. The fourth-order valence-electron chi connectivity index (χ4n) is 4.66. The van der Waals surface area contributed by atoms with Gasteiger partial charge in [0, 0.05) is 56.4 Å². The number of morpholine rings is 2. The number of anilines is 1. The molecule has 3 aliphatic rings. The van der Waals surface area contributed by atoms with Crippen LogP contribution >= 0.6 is 0 Å². The number of nitrogens with one attached hydrogen (secondary N) is 1. The minimum atomic E-state index is 0.0251. The molecule has 172 valence electrons. The zero-order chi connectivity index (χ0) is 21.8. The number of aromatic nitrogens is 2. The molecular weight excluding hydrogens is 410 g/mol. The summed E-state index contributed by atoms with van der Waals surface area (Å²) >= 11 is 0. The van der Waals surface area contributed by atoms with E-state index in [0.717, 1.165) is 74.5 Å². The quantitative estimate of drug-likeness (QED) is 0.778. The maximum atomic E-state index is 12.5. The van der Waals surface area contributed by atoms with Crippen molar-refractivity contribution < 1.29 is 19.0 Å². The Kier molecular flexibility index (Phi) is 6.54. The predicted molar refractivity (Wildman–Crippen MR) is 120 cm³/mol. The average Bonchev–Trinajstić information content (AvgIpc) is 2.86. The van der Waals surface area contributed by atoms with E-state index in [-0.39, 0.29) is 18.2 Å². The first-order valence-electron chi connectivity index (χ1n) is 11.6. The van der Waals surface area contributed by atoms with E-state index in [2.05, 4.69) is 32.3 Å². The number of carbonyl (C=O) groups is 1. The van der Waals surface area contributed by atoms with Crippen molar-refractivity contribution in [3.05, 3.63) is 24.5 Å². The molecule has 2 aromatic rings. The summed E-state index contributed by atoms with van der Waals surface area (Å²) in [6.07, 6.45) is 7.16. The van der Waals surface area contributed by atoms with Crippen LogP contribution in [0.3, 0.4) is 0 Å². The first kappa shape index (κ1) is 21.2. The third-order valence-corrected chi connectivity index (χ3v) is 6.49. The van der Waals surface area contributed by atoms with Crippen molar-refractivity contribution in [1.82, 2.24) is 20.2 Å². The number of carbonyl (C=O) groups excluding carboxylic acids is 1. The number of urea groups is 1. The molecular formula is C23H31N5O4. The number of rotatable bonds is 4. The summed E-state index contributed by atoms with van der Waals surface area (Å²) in [5, 5.41) is 3.19. The summed E-state index contributed by atoms with van der Waals surface area (Å²) in [5.74, 6) is 0.790. The molecule has 0 spiro atoms. The molecule has 5 rings (SSSR count). The molecule has 0 radical (unpaired) electrons. The Hall–Kier alpha value is -2.65. The third kappa shape index (κ3) is 4.88. The maximum absolute atomic E-state index is 12.5. The van der Waals surface area contributed by atoms with E-state index in [1.807, 2.05) is 4.90 Å². The van der Waals surface area contributed by atoms with Gasteiger partial charge >= 0.3 is 6.03 Å². The summed E-state index contributed by atoms with van der Waals surface area (Å²) in [5.41, 5.74) is 2.74. The number of ether oxygens (including phenoxy) is 3. The van der Waals surface area contributed by atoms with Gasteiger partial charge in [0.1, 0.15) is 11.3 Å². The Bertz CT molecular complexity index is 922. The van der Waals surface area contributed by atoms with E-state index in [9.17, 15) is 4.79 Å². The van der Waals surface area contributed by atoms with Crippen LogP contribution in [0.15, 0.2) is 24.5 Å². The van der Waals surface area contributed by atoms with Gasteiger partial charge in [-0.15, -0.1) is 0 Å². The molecule has 1 aromatic heterocycles. The second-order valence-electron chi connectivity index (χ2n) is 8.61. The van der Waals surface area contributed by atoms with Crippen molar-refractivity contribution >= 4 is 22.8 Å². The van der Waals surface area contributed by atoms with Crippen LogP contribution in [0.2, 0.25) is 0 Å². The standard InChI is InChI=1S/C23H31N5O4/c29-23(28-9-13-31-14-10-28)26-17-1-3-19(4-2-17)32-21-16-18(27-7-11-30-12-8-27)15-20-22(21)25-6-5-24-20/h5-6,15-17,19H,1-4,7-14H2,(H,26,29)/t17-,19+. The number of benzene rings is 1. The lowest BCUT2D eigenvalue weighted by atomic mass is 9.93. The highest BCUT2D eigenvalue weighted by molar-refractivity contribution is 5.85. The van der Waals surface area contributed by atoms with E-state index in [1.165, 1.54) is 0 Å². The molecule has 32 heavy (non-hydrogen) atoms. The number of hydrogen-bond donors (Lipinski definition) is 1. The highest BCUT2D eigenvalue weighted by Crippen LogP contribution is 2.33. The van der Waals surface area contributed by atoms with Crippen molar-refractivity contribution in [1.29, 1.82) is 0 Å². The summed E-state index contributed by atoms with van der Waals surface area (Å²) < 4.78 is 17.3. The van der Waals surface area contributed by atoms with Crippen LogP contribution in [0, 0.1) is 0 Å². The van der Waals surface area contributed by atoms with Crippen LogP contribution in [0.1, 0.15) is 25.7 Å². The monoisotopic (exact) mass is 441 g/mol. The van der Waals surface area contributed by atoms with Gasteiger partial charge in [-0.2, -0.15) is 0 Å². The lowest BCUT2D eigenvalue weighted by molar-refractivity contribution is 0.0514. The summed E-state index contributed by atoms with van der Waals surface area (Å²) in [6, 6.07) is 4.39. The van der Waals surface area contributed by atoms with Crippen LogP contribution < -0.4 is 15.0 Å². The van der Waals surface area contributed by atoms with E-state index < -0.39 is 0 Å². The third-order valence-electron chi connectivity index (χ3n) is 6.49. The van der Waals surface area contributed by atoms with Crippen LogP contribution in [0.4, 0.5) is 10.5 Å². The molecule has 1 saturated carbocycles. The summed E-state index contributed by atoms with van der Waals surface area (Å²) in [7, 11) is 0. The zero-order valence-corrected chi connectivity index (χ0v) is 18.4. The van der Waals surface area contributed by atoms with Gasteiger partial charge in [0.05, 0.1) is 38.0 Å². The maximum Gasteiger partial charge on any atom is 0.317 e. The second-order valence-corrected chi connectivity index (χ2v) is 8.61. The van der Waals surface area contributed by atoms with E-state index >= 15 is 0 Å². The molecule has 0 atom stereocenters. The molecule has 9 heteroatoms. The van der Waals surface area contributed by atoms with Gasteiger partial charge in [0.2, 0.25) is 0 Å². The highest BCUT2D eigenvalue weighted by Gasteiger charge is 2.27. The lowest BCUT2D eigenvalue weighted by Gasteiger charge is -2.33. The number of amides is 2. The Balaban J connectivity index is 1.22. The molecule has 1 aliphatic carbocycles. The zero-order valence-electron chi connectivity index (χ0n) is 18.4. The number of nitrogens with zero attached hydrogens (tertiary/aromatic N) is 4. The molecule has 3 heterocycles. The van der Waals surface area contributed by atoms with Gasteiger partial charge < -0.3 is 29.3 Å². The summed E-state index contributed by atoms with van der Waals surface area (Å²) in [4.78, 5) is 25.7. The summed E-state index contributed by atoms with van der Waals surface area (Å²) in [6.45, 7) is 5.75. The smallest absolute Gasteiger partial charge is 0.317 e. The SMILES string of the molecule is O=C(N[C@H]1CC[C@@H](Oc2cc(N3CCOCC3)cc3nccnc23)CC1)N1CCOCC1. The predicted octanol–water partition coefficient (Wildman–Crippen LogP) is 2.20. The van der Waals surface area contributed by atoms with Gasteiger partial charge in [-0.25, -0.2) is 9.78 Å². The molecule has 0 bridgehead atoms. The van der Waals surface area contributed by atoms with Crippen LogP contribution in [0.25, 0.3) is 11.0 Å². The molecule has 1 N–H and O–H groups in total. The van der Waals surface area contributed by atoms with Crippen molar-refractivity contribution in [2.45, 2.75) is 37.8 Å². The van der Waals surface area contributed by atoms with Crippen LogP contribution in [-0.2, 0) is 9.47 Å². The minimum absolute atomic E-state index is 0.0251.